The molecular weight excluding hydrogens is 274 g/mol. The van der Waals surface area contributed by atoms with Crippen LogP contribution in [0.1, 0.15) is 36.1 Å². The Morgan fingerprint density at radius 3 is 2.82 bits per heavy atom. The highest BCUT2D eigenvalue weighted by Crippen LogP contribution is 2.38. The number of hydrogen-bond acceptors (Lipinski definition) is 4. The molecule has 1 aliphatic rings. The maximum Gasteiger partial charge on any atom is 0.129 e. The molecule has 4 rings (SSSR count). The summed E-state index contributed by atoms with van der Waals surface area (Å²) in [5.41, 5.74) is 3.55. The summed E-state index contributed by atoms with van der Waals surface area (Å²) in [5, 5.41) is 3.34. The molecule has 0 radical (unpaired) electrons. The van der Waals surface area contributed by atoms with Gasteiger partial charge in [0.05, 0.1) is 11.0 Å². The topological polar surface area (TPSA) is 55.6 Å². The number of imidazole rings is 1. The number of anilines is 1. The molecule has 1 aromatic carbocycles. The lowest BCUT2D eigenvalue weighted by Crippen LogP contribution is -2.02. The zero-order valence-corrected chi connectivity index (χ0v) is 12.9. The molecule has 112 valence electrons. The molecule has 0 spiro atoms. The lowest BCUT2D eigenvalue weighted by atomic mass is 10.2. The second-order valence-electron chi connectivity index (χ2n) is 5.93. The highest BCUT2D eigenvalue weighted by molar-refractivity contribution is 5.77. The Kier molecular flexibility index (Phi) is 3.06. The molecular formula is C17H19N5. The highest BCUT2D eigenvalue weighted by Gasteiger charge is 2.26. The van der Waals surface area contributed by atoms with E-state index in [4.69, 9.17) is 4.98 Å². The van der Waals surface area contributed by atoms with Crippen LogP contribution < -0.4 is 5.32 Å². The van der Waals surface area contributed by atoms with Crippen LogP contribution in [0, 0.1) is 13.8 Å². The van der Waals surface area contributed by atoms with Crippen molar-refractivity contribution in [2.75, 3.05) is 5.32 Å². The summed E-state index contributed by atoms with van der Waals surface area (Å²) < 4.78 is 2.38. The van der Waals surface area contributed by atoms with E-state index in [0.29, 0.717) is 6.04 Å². The van der Waals surface area contributed by atoms with E-state index in [1.54, 1.807) is 6.20 Å². The third kappa shape index (κ3) is 2.43. The molecule has 1 fully saturated rings. The van der Waals surface area contributed by atoms with Crippen LogP contribution in [0.2, 0.25) is 0 Å². The minimum atomic E-state index is 0.665. The zero-order valence-electron chi connectivity index (χ0n) is 12.9. The molecule has 0 atom stereocenters. The van der Waals surface area contributed by atoms with Crippen LogP contribution in [0.3, 0.4) is 0 Å². The van der Waals surface area contributed by atoms with Gasteiger partial charge in [0.1, 0.15) is 17.5 Å². The fraction of sp³-hybridized carbons (Fsp3) is 0.353. The lowest BCUT2D eigenvalue weighted by Gasteiger charge is -2.07. The molecule has 3 aromatic rings. The smallest absolute Gasteiger partial charge is 0.129 e. The number of hydrogen-bond donors (Lipinski definition) is 1. The number of benzene rings is 1. The maximum atomic E-state index is 4.71. The lowest BCUT2D eigenvalue weighted by molar-refractivity contribution is 0.734. The van der Waals surface area contributed by atoms with Gasteiger partial charge in [0, 0.05) is 18.8 Å². The normalized spacial score (nSPS) is 14.5. The summed E-state index contributed by atoms with van der Waals surface area (Å²) in [6.45, 7) is 4.73. The SMILES string of the molecule is Cc1nccc(NCc2ccc3c(c2)nc(C)n3C2CC2)n1. The second-order valence-corrected chi connectivity index (χ2v) is 5.93. The summed E-state index contributed by atoms with van der Waals surface area (Å²) in [6, 6.07) is 9.08. The van der Waals surface area contributed by atoms with E-state index in [0.717, 1.165) is 29.5 Å². The van der Waals surface area contributed by atoms with Gasteiger partial charge in [-0.05, 0) is 50.5 Å². The van der Waals surface area contributed by atoms with Gasteiger partial charge >= 0.3 is 0 Å². The van der Waals surface area contributed by atoms with Crippen molar-refractivity contribution >= 4 is 16.9 Å². The van der Waals surface area contributed by atoms with Crippen molar-refractivity contribution in [3.8, 4) is 0 Å². The van der Waals surface area contributed by atoms with Gasteiger partial charge in [-0.2, -0.15) is 0 Å². The van der Waals surface area contributed by atoms with Gasteiger partial charge in [-0.25, -0.2) is 15.0 Å². The Morgan fingerprint density at radius 2 is 2.05 bits per heavy atom. The average molecular weight is 293 g/mol. The molecule has 2 heterocycles. The first-order valence-corrected chi connectivity index (χ1v) is 7.72. The van der Waals surface area contributed by atoms with Crippen LogP contribution in [-0.4, -0.2) is 19.5 Å². The van der Waals surface area contributed by atoms with Crippen LogP contribution in [0.4, 0.5) is 5.82 Å². The Bertz CT molecular complexity index is 832. The summed E-state index contributed by atoms with van der Waals surface area (Å²) in [4.78, 5) is 13.2. The second kappa shape index (κ2) is 5.09. The fourth-order valence-electron chi connectivity index (χ4n) is 2.92. The molecule has 5 nitrogen and oxygen atoms in total. The Labute approximate surface area is 129 Å². The zero-order chi connectivity index (χ0) is 15.1. The Hall–Kier alpha value is -2.43. The van der Waals surface area contributed by atoms with Crippen LogP contribution in [0.25, 0.3) is 11.0 Å². The number of nitrogens with zero attached hydrogens (tertiary/aromatic N) is 4. The number of aromatic nitrogens is 4. The standard InChI is InChI=1S/C17H19N5/c1-11-18-8-7-17(20-11)19-10-13-3-6-16-15(9-13)21-12(2)22(16)14-4-5-14/h3,6-9,14H,4-5,10H2,1-2H3,(H,18,19,20). The molecule has 1 N–H and O–H groups in total. The van der Waals surface area contributed by atoms with Gasteiger partial charge in [-0.1, -0.05) is 6.07 Å². The third-order valence-corrected chi connectivity index (χ3v) is 4.09. The quantitative estimate of drug-likeness (QED) is 0.801. The fourth-order valence-corrected chi connectivity index (χ4v) is 2.92. The maximum absolute atomic E-state index is 4.71. The molecule has 1 saturated carbocycles. The van der Waals surface area contributed by atoms with E-state index in [1.807, 2.05) is 13.0 Å². The van der Waals surface area contributed by atoms with Crippen molar-refractivity contribution < 1.29 is 0 Å². The molecule has 2 aromatic heterocycles. The van der Waals surface area contributed by atoms with Gasteiger partial charge in [-0.3, -0.25) is 0 Å². The first-order chi connectivity index (χ1) is 10.7. The van der Waals surface area contributed by atoms with E-state index in [9.17, 15) is 0 Å². The van der Waals surface area contributed by atoms with Gasteiger partial charge < -0.3 is 9.88 Å². The van der Waals surface area contributed by atoms with Crippen molar-refractivity contribution in [2.24, 2.45) is 0 Å². The largest absolute Gasteiger partial charge is 0.366 e. The van der Waals surface area contributed by atoms with Crippen molar-refractivity contribution in [1.29, 1.82) is 0 Å². The molecule has 22 heavy (non-hydrogen) atoms. The molecule has 0 unspecified atom stereocenters. The molecule has 0 bridgehead atoms. The molecule has 0 amide bonds. The molecule has 1 aliphatic carbocycles. The minimum absolute atomic E-state index is 0.665. The summed E-state index contributed by atoms with van der Waals surface area (Å²) in [7, 11) is 0. The summed E-state index contributed by atoms with van der Waals surface area (Å²) in [6.07, 6.45) is 4.33. The van der Waals surface area contributed by atoms with Crippen LogP contribution in [-0.2, 0) is 6.54 Å². The van der Waals surface area contributed by atoms with Crippen molar-refractivity contribution in [3.05, 3.63) is 47.7 Å². The van der Waals surface area contributed by atoms with Crippen LogP contribution >= 0.6 is 0 Å². The van der Waals surface area contributed by atoms with E-state index >= 15 is 0 Å². The first kappa shape index (κ1) is 13.2. The third-order valence-electron chi connectivity index (χ3n) is 4.09. The van der Waals surface area contributed by atoms with Crippen molar-refractivity contribution in [3.63, 3.8) is 0 Å². The Morgan fingerprint density at radius 1 is 1.18 bits per heavy atom. The number of aryl methyl sites for hydroxylation is 2. The van der Waals surface area contributed by atoms with E-state index in [1.165, 1.54) is 23.9 Å². The van der Waals surface area contributed by atoms with Gasteiger partial charge in [0.2, 0.25) is 0 Å². The Balaban J connectivity index is 1.57. The van der Waals surface area contributed by atoms with E-state index in [2.05, 4.69) is 45.0 Å². The molecule has 0 aliphatic heterocycles. The van der Waals surface area contributed by atoms with Crippen LogP contribution in [0.5, 0.6) is 0 Å². The van der Waals surface area contributed by atoms with Gasteiger partial charge in [0.15, 0.2) is 0 Å². The van der Waals surface area contributed by atoms with Crippen molar-refractivity contribution in [1.82, 2.24) is 19.5 Å². The van der Waals surface area contributed by atoms with Gasteiger partial charge in [-0.15, -0.1) is 0 Å². The monoisotopic (exact) mass is 293 g/mol. The molecule has 0 saturated heterocycles. The number of nitrogens with one attached hydrogen (secondary N) is 1. The summed E-state index contributed by atoms with van der Waals surface area (Å²) >= 11 is 0. The minimum Gasteiger partial charge on any atom is -0.366 e. The van der Waals surface area contributed by atoms with E-state index in [-0.39, 0.29) is 0 Å². The van der Waals surface area contributed by atoms with Crippen molar-refractivity contribution in [2.45, 2.75) is 39.3 Å². The summed E-state index contributed by atoms with van der Waals surface area (Å²) in [5.74, 6) is 2.75. The van der Waals surface area contributed by atoms with E-state index < -0.39 is 0 Å². The molecule has 5 heteroatoms. The number of fused-ring (bicyclic) bond motifs is 1. The average Bonchev–Trinajstić information content (AvgIpc) is 3.27. The predicted molar refractivity (Wildman–Crippen MR) is 86.8 cm³/mol. The first-order valence-electron chi connectivity index (χ1n) is 7.72. The van der Waals surface area contributed by atoms with Gasteiger partial charge in [0.25, 0.3) is 0 Å². The van der Waals surface area contributed by atoms with Crippen LogP contribution in [0.15, 0.2) is 30.5 Å². The number of rotatable bonds is 4. The predicted octanol–water partition coefficient (Wildman–Crippen LogP) is 3.39. The highest BCUT2D eigenvalue weighted by atomic mass is 15.1.